The smallest absolute Gasteiger partial charge is 0.123 e. The minimum atomic E-state index is -0.279. The van der Waals surface area contributed by atoms with Gasteiger partial charge in [-0.3, -0.25) is 0 Å². The van der Waals surface area contributed by atoms with Gasteiger partial charge < -0.3 is 0 Å². The van der Waals surface area contributed by atoms with E-state index in [4.69, 9.17) is 11.6 Å². The van der Waals surface area contributed by atoms with Gasteiger partial charge >= 0.3 is 0 Å². The Labute approximate surface area is 92.3 Å². The lowest BCUT2D eigenvalue weighted by Gasteiger charge is -2.06. The van der Waals surface area contributed by atoms with Crippen LogP contribution in [0.4, 0.5) is 4.39 Å². The van der Waals surface area contributed by atoms with Crippen molar-refractivity contribution in [3.63, 3.8) is 0 Å². The third-order valence-corrected chi connectivity index (χ3v) is 2.44. The molecule has 0 N–H and O–H groups in total. The van der Waals surface area contributed by atoms with Crippen LogP contribution < -0.4 is 0 Å². The van der Waals surface area contributed by atoms with Crippen molar-refractivity contribution in [2.24, 2.45) is 0 Å². The van der Waals surface area contributed by atoms with Gasteiger partial charge in [0.05, 0.1) is 11.4 Å². The van der Waals surface area contributed by atoms with Crippen molar-refractivity contribution in [1.29, 1.82) is 0 Å². The van der Waals surface area contributed by atoms with Crippen LogP contribution in [0.15, 0.2) is 30.5 Å². The first-order valence-corrected chi connectivity index (χ1v) is 5.11. The average molecular weight is 225 g/mol. The van der Waals surface area contributed by atoms with Crippen LogP contribution in [-0.2, 0) is 5.88 Å². The molecule has 15 heavy (non-hydrogen) atoms. The van der Waals surface area contributed by atoms with Crippen molar-refractivity contribution in [1.82, 2.24) is 9.78 Å². The van der Waals surface area contributed by atoms with Gasteiger partial charge in [-0.05, 0) is 36.8 Å². The van der Waals surface area contributed by atoms with Crippen LogP contribution in [0.3, 0.4) is 0 Å². The summed E-state index contributed by atoms with van der Waals surface area (Å²) in [5.41, 5.74) is 2.47. The van der Waals surface area contributed by atoms with E-state index in [-0.39, 0.29) is 11.7 Å². The highest BCUT2D eigenvalue weighted by molar-refractivity contribution is 6.17. The van der Waals surface area contributed by atoms with Crippen molar-refractivity contribution >= 4 is 11.6 Å². The normalized spacial score (nSPS) is 10.6. The van der Waals surface area contributed by atoms with Crippen molar-refractivity contribution < 1.29 is 4.39 Å². The Hall–Kier alpha value is -1.35. The lowest BCUT2D eigenvalue weighted by atomic mass is 10.2. The second-order valence-electron chi connectivity index (χ2n) is 3.31. The summed E-state index contributed by atoms with van der Waals surface area (Å²) in [7, 11) is 0. The van der Waals surface area contributed by atoms with Gasteiger partial charge in [0.25, 0.3) is 0 Å². The van der Waals surface area contributed by atoms with Crippen molar-refractivity contribution in [3.05, 3.63) is 47.5 Å². The summed E-state index contributed by atoms with van der Waals surface area (Å²) >= 11 is 5.75. The third kappa shape index (κ3) is 2.02. The monoisotopic (exact) mass is 224 g/mol. The highest BCUT2D eigenvalue weighted by Gasteiger charge is 2.06. The summed E-state index contributed by atoms with van der Waals surface area (Å²) < 4.78 is 14.7. The molecule has 2 rings (SSSR count). The molecule has 4 heteroatoms. The molecule has 2 nitrogen and oxygen atoms in total. The molecule has 0 bridgehead atoms. The fourth-order valence-electron chi connectivity index (χ4n) is 1.43. The van der Waals surface area contributed by atoms with Crippen molar-refractivity contribution in [3.8, 4) is 5.69 Å². The zero-order valence-electron chi connectivity index (χ0n) is 8.24. The highest BCUT2D eigenvalue weighted by Crippen LogP contribution is 2.17. The van der Waals surface area contributed by atoms with Crippen LogP contribution in [-0.4, -0.2) is 9.78 Å². The van der Waals surface area contributed by atoms with Crippen LogP contribution >= 0.6 is 11.6 Å². The quantitative estimate of drug-likeness (QED) is 0.717. The molecule has 2 aromatic rings. The molecule has 0 unspecified atom stereocenters. The van der Waals surface area contributed by atoms with Crippen molar-refractivity contribution in [2.45, 2.75) is 12.8 Å². The van der Waals surface area contributed by atoms with Gasteiger partial charge in [0.1, 0.15) is 5.82 Å². The van der Waals surface area contributed by atoms with Crippen LogP contribution in [0.25, 0.3) is 5.69 Å². The molecular weight excluding hydrogens is 215 g/mol. The number of benzene rings is 1. The van der Waals surface area contributed by atoms with E-state index in [1.807, 2.05) is 19.2 Å². The first kappa shape index (κ1) is 10.2. The SMILES string of the molecule is Cc1ccn(-c2ccc(F)cc2CCl)n1. The van der Waals surface area contributed by atoms with E-state index < -0.39 is 0 Å². The fourth-order valence-corrected chi connectivity index (χ4v) is 1.65. The number of aryl methyl sites for hydroxylation is 1. The maximum Gasteiger partial charge on any atom is 0.123 e. The van der Waals surface area contributed by atoms with Crippen LogP contribution in [0.2, 0.25) is 0 Å². The molecule has 0 amide bonds. The first-order valence-electron chi connectivity index (χ1n) is 4.58. The minimum absolute atomic E-state index is 0.270. The molecule has 0 aliphatic rings. The zero-order chi connectivity index (χ0) is 10.8. The zero-order valence-corrected chi connectivity index (χ0v) is 9.00. The van der Waals surface area contributed by atoms with E-state index in [1.165, 1.54) is 12.1 Å². The Morgan fingerprint density at radius 3 is 2.80 bits per heavy atom. The van der Waals surface area contributed by atoms with Gasteiger partial charge in [-0.25, -0.2) is 9.07 Å². The predicted molar refractivity (Wildman–Crippen MR) is 57.8 cm³/mol. The Balaban J connectivity index is 2.52. The topological polar surface area (TPSA) is 17.8 Å². The first-order chi connectivity index (χ1) is 7.20. The molecule has 0 saturated carbocycles. The van der Waals surface area contributed by atoms with Crippen LogP contribution in [0.5, 0.6) is 0 Å². The lowest BCUT2D eigenvalue weighted by Crippen LogP contribution is -1.99. The summed E-state index contributed by atoms with van der Waals surface area (Å²) in [5.74, 6) is -0.00953. The number of hydrogen-bond acceptors (Lipinski definition) is 1. The van der Waals surface area contributed by atoms with E-state index >= 15 is 0 Å². The van der Waals surface area contributed by atoms with Crippen molar-refractivity contribution in [2.75, 3.05) is 0 Å². The number of nitrogens with zero attached hydrogens (tertiary/aromatic N) is 2. The Morgan fingerprint density at radius 1 is 1.40 bits per heavy atom. The number of hydrogen-bond donors (Lipinski definition) is 0. The molecule has 0 saturated heterocycles. The molecule has 1 heterocycles. The number of rotatable bonds is 2. The Kier molecular flexibility index (Phi) is 2.73. The molecule has 0 fully saturated rings. The molecular formula is C11H10ClFN2. The number of aromatic nitrogens is 2. The fraction of sp³-hybridized carbons (Fsp3) is 0.182. The lowest BCUT2D eigenvalue weighted by molar-refractivity contribution is 0.625. The standard InChI is InChI=1S/C11H10ClFN2/c1-8-4-5-15(14-8)11-3-2-10(13)6-9(11)7-12/h2-6H,7H2,1H3. The second kappa shape index (κ2) is 4.03. The summed E-state index contributed by atoms with van der Waals surface area (Å²) in [6.07, 6.45) is 1.83. The summed E-state index contributed by atoms with van der Waals surface area (Å²) in [5, 5.41) is 4.25. The largest absolute Gasteiger partial charge is 0.240 e. The van der Waals surface area contributed by atoms with Gasteiger partial charge in [-0.1, -0.05) is 0 Å². The molecule has 0 aliphatic carbocycles. The van der Waals surface area contributed by atoms with Crippen LogP contribution in [0, 0.1) is 12.7 Å². The highest BCUT2D eigenvalue weighted by atomic mass is 35.5. The summed E-state index contributed by atoms with van der Waals surface area (Å²) in [4.78, 5) is 0. The number of alkyl halides is 1. The maximum absolute atomic E-state index is 13.0. The van der Waals surface area contributed by atoms with Gasteiger partial charge in [0.2, 0.25) is 0 Å². The third-order valence-electron chi connectivity index (χ3n) is 2.15. The van der Waals surface area contributed by atoms with Gasteiger partial charge in [0, 0.05) is 12.1 Å². The minimum Gasteiger partial charge on any atom is -0.240 e. The van der Waals surface area contributed by atoms with Gasteiger partial charge in [-0.15, -0.1) is 11.6 Å². The van der Waals surface area contributed by atoms with E-state index in [0.29, 0.717) is 0 Å². The average Bonchev–Trinajstić information content (AvgIpc) is 2.64. The summed E-state index contributed by atoms with van der Waals surface area (Å²) in [6.45, 7) is 1.90. The van der Waals surface area contributed by atoms with E-state index in [0.717, 1.165) is 16.9 Å². The van der Waals surface area contributed by atoms with Gasteiger partial charge in [-0.2, -0.15) is 5.10 Å². The van der Waals surface area contributed by atoms with E-state index in [2.05, 4.69) is 5.10 Å². The molecule has 1 aromatic carbocycles. The molecule has 0 spiro atoms. The molecule has 0 radical (unpaired) electrons. The van der Waals surface area contributed by atoms with Crippen LogP contribution in [0.1, 0.15) is 11.3 Å². The Morgan fingerprint density at radius 2 is 2.20 bits per heavy atom. The van der Waals surface area contributed by atoms with E-state index in [9.17, 15) is 4.39 Å². The molecule has 0 aliphatic heterocycles. The Bertz CT molecular complexity index is 479. The summed E-state index contributed by atoms with van der Waals surface area (Å²) in [6, 6.07) is 6.41. The van der Waals surface area contributed by atoms with E-state index in [1.54, 1.807) is 10.7 Å². The molecule has 0 atom stereocenters. The molecule has 1 aromatic heterocycles. The molecule has 78 valence electrons. The second-order valence-corrected chi connectivity index (χ2v) is 3.58. The predicted octanol–water partition coefficient (Wildman–Crippen LogP) is 3.06. The number of halogens is 2. The van der Waals surface area contributed by atoms with Gasteiger partial charge in [0.15, 0.2) is 0 Å². The maximum atomic E-state index is 13.0.